The smallest absolute Gasteiger partial charge is 0.338 e. The van der Waals surface area contributed by atoms with Crippen molar-refractivity contribution in [1.82, 2.24) is 10.2 Å². The molecule has 0 unspecified atom stereocenters. The largest absolute Gasteiger partial charge is 0.478 e. The van der Waals surface area contributed by atoms with E-state index in [-0.39, 0.29) is 17.2 Å². The number of carboxylic acids is 1. The van der Waals surface area contributed by atoms with Crippen molar-refractivity contribution in [1.29, 1.82) is 0 Å². The number of carbonyl (C=O) groups is 2. The van der Waals surface area contributed by atoms with Gasteiger partial charge in [0.1, 0.15) is 0 Å². The molecule has 0 atom stereocenters. The van der Waals surface area contributed by atoms with Crippen LogP contribution in [0.2, 0.25) is 0 Å². The van der Waals surface area contributed by atoms with E-state index in [0.29, 0.717) is 25.1 Å². The predicted octanol–water partition coefficient (Wildman–Crippen LogP) is 0.535. The van der Waals surface area contributed by atoms with Crippen molar-refractivity contribution in [2.24, 2.45) is 0 Å². The molecule has 0 radical (unpaired) electrons. The Labute approximate surface area is 112 Å². The highest BCUT2D eigenvalue weighted by atomic mass is 16.4. The monoisotopic (exact) mass is 265 g/mol. The fourth-order valence-corrected chi connectivity index (χ4v) is 1.80. The first kappa shape index (κ1) is 15.0. The van der Waals surface area contributed by atoms with E-state index in [1.165, 1.54) is 0 Å². The fraction of sp³-hybridized carbons (Fsp3) is 0.385. The number of anilines is 1. The lowest BCUT2D eigenvalue weighted by Crippen LogP contribution is -2.27. The first-order valence-corrected chi connectivity index (χ1v) is 5.95. The van der Waals surface area contributed by atoms with Gasteiger partial charge in [-0.15, -0.1) is 0 Å². The van der Waals surface area contributed by atoms with Crippen molar-refractivity contribution < 1.29 is 14.7 Å². The Morgan fingerprint density at radius 3 is 2.68 bits per heavy atom. The molecular weight excluding hydrogens is 246 g/mol. The Balaban J connectivity index is 2.74. The van der Waals surface area contributed by atoms with Gasteiger partial charge in [-0.05, 0) is 18.7 Å². The highest BCUT2D eigenvalue weighted by Gasteiger charge is 2.15. The number of hydrogen-bond acceptors (Lipinski definition) is 4. The lowest BCUT2D eigenvalue weighted by atomic mass is 10.1. The molecule has 0 saturated carbocycles. The van der Waals surface area contributed by atoms with E-state index >= 15 is 0 Å². The third kappa shape index (κ3) is 4.26. The SMILES string of the molecule is CNC(=O)CCN(C)Cc1cccc(N)c1C(=O)O. The standard InChI is InChI=1S/C13H19N3O3/c1-15-11(17)6-7-16(2)8-9-4-3-5-10(14)12(9)13(18)19/h3-5H,6-8,14H2,1-2H3,(H,15,17)(H,18,19). The molecule has 0 aromatic heterocycles. The molecule has 1 aromatic carbocycles. The fourth-order valence-electron chi connectivity index (χ4n) is 1.80. The summed E-state index contributed by atoms with van der Waals surface area (Å²) in [7, 11) is 3.42. The van der Waals surface area contributed by atoms with E-state index in [1.54, 1.807) is 25.2 Å². The quantitative estimate of drug-likeness (QED) is 0.652. The van der Waals surface area contributed by atoms with Crippen LogP contribution in [0.1, 0.15) is 22.3 Å². The average Bonchev–Trinajstić information content (AvgIpc) is 2.35. The molecule has 0 aliphatic carbocycles. The number of amides is 1. The van der Waals surface area contributed by atoms with Crippen LogP contribution in [0.25, 0.3) is 0 Å². The maximum Gasteiger partial charge on any atom is 0.338 e. The Kier molecular flexibility index (Phi) is 5.32. The number of rotatable bonds is 6. The summed E-state index contributed by atoms with van der Waals surface area (Å²) in [5, 5.41) is 11.7. The number of nitrogens with zero attached hydrogens (tertiary/aromatic N) is 1. The highest BCUT2D eigenvalue weighted by Crippen LogP contribution is 2.18. The minimum absolute atomic E-state index is 0.0436. The zero-order valence-electron chi connectivity index (χ0n) is 11.1. The van der Waals surface area contributed by atoms with E-state index in [2.05, 4.69) is 5.32 Å². The first-order chi connectivity index (χ1) is 8.95. The second-order valence-corrected chi connectivity index (χ2v) is 4.35. The van der Waals surface area contributed by atoms with E-state index in [1.807, 2.05) is 11.9 Å². The Morgan fingerprint density at radius 1 is 1.42 bits per heavy atom. The Hall–Kier alpha value is -2.08. The van der Waals surface area contributed by atoms with Crippen LogP contribution >= 0.6 is 0 Å². The molecule has 0 fully saturated rings. The molecule has 1 aromatic rings. The van der Waals surface area contributed by atoms with Gasteiger partial charge in [0, 0.05) is 32.2 Å². The van der Waals surface area contributed by atoms with Gasteiger partial charge in [-0.25, -0.2) is 4.79 Å². The first-order valence-electron chi connectivity index (χ1n) is 5.95. The number of nitrogen functional groups attached to an aromatic ring is 1. The van der Waals surface area contributed by atoms with Crippen molar-refractivity contribution in [3.63, 3.8) is 0 Å². The van der Waals surface area contributed by atoms with E-state index in [0.717, 1.165) is 0 Å². The van der Waals surface area contributed by atoms with Gasteiger partial charge in [0.15, 0.2) is 0 Å². The lowest BCUT2D eigenvalue weighted by Gasteiger charge is -2.18. The summed E-state index contributed by atoms with van der Waals surface area (Å²) in [5.41, 5.74) is 6.71. The van der Waals surface area contributed by atoms with Crippen LogP contribution in [0.4, 0.5) is 5.69 Å². The third-order valence-corrected chi connectivity index (χ3v) is 2.84. The molecule has 0 aliphatic heterocycles. The van der Waals surface area contributed by atoms with Crippen LogP contribution in [-0.4, -0.2) is 42.5 Å². The third-order valence-electron chi connectivity index (χ3n) is 2.84. The van der Waals surface area contributed by atoms with Gasteiger partial charge < -0.3 is 21.1 Å². The number of carboxylic acid groups (broad SMARTS) is 1. The van der Waals surface area contributed by atoms with E-state index < -0.39 is 5.97 Å². The van der Waals surface area contributed by atoms with Crippen molar-refractivity contribution >= 4 is 17.6 Å². The molecule has 6 heteroatoms. The topological polar surface area (TPSA) is 95.7 Å². The molecule has 19 heavy (non-hydrogen) atoms. The molecule has 6 nitrogen and oxygen atoms in total. The molecule has 1 rings (SSSR count). The van der Waals surface area contributed by atoms with Crippen molar-refractivity contribution in [3.05, 3.63) is 29.3 Å². The molecule has 1 amide bonds. The van der Waals surface area contributed by atoms with Crippen LogP contribution < -0.4 is 11.1 Å². The van der Waals surface area contributed by atoms with Gasteiger partial charge in [-0.2, -0.15) is 0 Å². The summed E-state index contributed by atoms with van der Waals surface area (Å²) in [6.45, 7) is 0.983. The van der Waals surface area contributed by atoms with Gasteiger partial charge in [0.05, 0.1) is 5.56 Å². The maximum absolute atomic E-state index is 11.2. The zero-order chi connectivity index (χ0) is 14.4. The van der Waals surface area contributed by atoms with Gasteiger partial charge in [0.25, 0.3) is 0 Å². The second-order valence-electron chi connectivity index (χ2n) is 4.35. The summed E-state index contributed by atoms with van der Waals surface area (Å²) < 4.78 is 0. The van der Waals surface area contributed by atoms with Crippen LogP contribution in [0.15, 0.2) is 18.2 Å². The number of carbonyl (C=O) groups excluding carboxylic acids is 1. The number of benzene rings is 1. The molecular formula is C13H19N3O3. The number of nitrogens with two attached hydrogens (primary N) is 1. The molecule has 104 valence electrons. The normalized spacial score (nSPS) is 10.5. The van der Waals surface area contributed by atoms with Gasteiger partial charge in [-0.3, -0.25) is 4.79 Å². The van der Waals surface area contributed by atoms with Gasteiger partial charge in [-0.1, -0.05) is 12.1 Å². The van der Waals surface area contributed by atoms with Crippen molar-refractivity contribution in [2.75, 3.05) is 26.4 Å². The Bertz CT molecular complexity index is 474. The van der Waals surface area contributed by atoms with Crippen LogP contribution in [0, 0.1) is 0 Å². The van der Waals surface area contributed by atoms with E-state index in [4.69, 9.17) is 10.8 Å². The Morgan fingerprint density at radius 2 is 2.11 bits per heavy atom. The predicted molar refractivity (Wildman–Crippen MR) is 72.8 cm³/mol. The zero-order valence-corrected chi connectivity index (χ0v) is 11.1. The van der Waals surface area contributed by atoms with Crippen molar-refractivity contribution in [2.45, 2.75) is 13.0 Å². The minimum atomic E-state index is -1.03. The summed E-state index contributed by atoms with van der Waals surface area (Å²) in [6.07, 6.45) is 0.373. The van der Waals surface area contributed by atoms with Crippen LogP contribution in [0.5, 0.6) is 0 Å². The molecule has 0 aliphatic rings. The van der Waals surface area contributed by atoms with Crippen LogP contribution in [-0.2, 0) is 11.3 Å². The van der Waals surface area contributed by atoms with Crippen LogP contribution in [0.3, 0.4) is 0 Å². The molecule has 0 heterocycles. The summed E-state index contributed by atoms with van der Waals surface area (Å²) >= 11 is 0. The minimum Gasteiger partial charge on any atom is -0.478 e. The maximum atomic E-state index is 11.2. The number of nitrogens with one attached hydrogen (secondary N) is 1. The summed E-state index contributed by atoms with van der Waals surface area (Å²) in [5.74, 6) is -1.08. The van der Waals surface area contributed by atoms with Gasteiger partial charge >= 0.3 is 5.97 Å². The average molecular weight is 265 g/mol. The second kappa shape index (κ2) is 6.75. The summed E-state index contributed by atoms with van der Waals surface area (Å²) in [4.78, 5) is 24.2. The van der Waals surface area contributed by atoms with Crippen molar-refractivity contribution in [3.8, 4) is 0 Å². The highest BCUT2D eigenvalue weighted by molar-refractivity contribution is 5.95. The summed E-state index contributed by atoms with van der Waals surface area (Å²) in [6, 6.07) is 5.03. The number of hydrogen-bond donors (Lipinski definition) is 3. The molecule has 0 saturated heterocycles. The molecule has 4 N–H and O–H groups in total. The van der Waals surface area contributed by atoms with Gasteiger partial charge in [0.2, 0.25) is 5.91 Å². The number of aromatic carboxylic acids is 1. The lowest BCUT2D eigenvalue weighted by molar-refractivity contribution is -0.120. The van der Waals surface area contributed by atoms with E-state index in [9.17, 15) is 9.59 Å². The molecule has 0 spiro atoms. The molecule has 0 bridgehead atoms.